The van der Waals surface area contributed by atoms with E-state index in [1.807, 2.05) is 0 Å². The minimum absolute atomic E-state index is 0.198. The van der Waals surface area contributed by atoms with Crippen LogP contribution < -0.4 is 4.72 Å². The first kappa shape index (κ1) is 9.21. The van der Waals surface area contributed by atoms with Crippen molar-refractivity contribution in [1.29, 1.82) is 0 Å². The van der Waals surface area contributed by atoms with Crippen molar-refractivity contribution in [3.8, 4) is 0 Å². The normalized spacial score (nSPS) is 22.9. The highest BCUT2D eigenvalue weighted by Crippen LogP contribution is 2.12. The number of carbonyl (C=O) groups excluding carboxylic acids is 3. The van der Waals surface area contributed by atoms with E-state index in [1.54, 1.807) is 6.92 Å². The number of ketones is 1. The van der Waals surface area contributed by atoms with Crippen LogP contribution >= 0.6 is 11.9 Å². The molecule has 0 aromatic carbocycles. The fourth-order valence-corrected chi connectivity index (χ4v) is 1.36. The molecule has 1 fully saturated rings. The molecule has 12 heavy (non-hydrogen) atoms. The molecule has 66 valence electrons. The number of ether oxygens (including phenoxy) is 1. The summed E-state index contributed by atoms with van der Waals surface area (Å²) in [5.74, 6) is -1.43. The Morgan fingerprint density at radius 3 is 2.75 bits per heavy atom. The van der Waals surface area contributed by atoms with E-state index in [0.29, 0.717) is 11.9 Å². The van der Waals surface area contributed by atoms with E-state index < -0.39 is 22.9 Å². The van der Waals surface area contributed by atoms with Crippen molar-refractivity contribution in [2.45, 2.75) is 13.0 Å². The second kappa shape index (κ2) is 3.68. The molecule has 0 radical (unpaired) electrons. The number of rotatable bonds is 2. The minimum Gasteiger partial charge on any atom is -0.464 e. The smallest absolute Gasteiger partial charge is 0.332 e. The predicted octanol–water partition coefficient (Wildman–Crippen LogP) is -0.735. The zero-order valence-corrected chi connectivity index (χ0v) is 7.14. The molecule has 0 saturated carbocycles. The van der Waals surface area contributed by atoms with Crippen molar-refractivity contribution in [1.82, 2.24) is 4.72 Å². The van der Waals surface area contributed by atoms with E-state index in [-0.39, 0.29) is 6.61 Å². The van der Waals surface area contributed by atoms with E-state index >= 15 is 0 Å². The number of esters is 1. The third kappa shape index (κ3) is 1.64. The fourth-order valence-electron chi connectivity index (χ4n) is 0.715. The first-order chi connectivity index (χ1) is 5.66. The molecule has 1 aliphatic rings. The summed E-state index contributed by atoms with van der Waals surface area (Å²) >= 11 is 0.628. The molecule has 0 aliphatic carbocycles. The maximum Gasteiger partial charge on any atom is 0.332 e. The van der Waals surface area contributed by atoms with Crippen LogP contribution in [0.1, 0.15) is 6.92 Å². The molecule has 1 heterocycles. The molecular weight excluding hydrogens is 182 g/mol. The van der Waals surface area contributed by atoms with Crippen molar-refractivity contribution in [3.05, 3.63) is 0 Å². The Balaban J connectivity index is 2.59. The van der Waals surface area contributed by atoms with Gasteiger partial charge in [0.2, 0.25) is 5.78 Å². The maximum absolute atomic E-state index is 10.9. The summed E-state index contributed by atoms with van der Waals surface area (Å²) in [6.45, 7) is 1.83. The van der Waals surface area contributed by atoms with Gasteiger partial charge in [0.15, 0.2) is 6.04 Å². The fraction of sp³-hybridized carbons (Fsp3) is 0.500. The molecule has 1 N–H and O–H groups in total. The Kier molecular flexibility index (Phi) is 2.83. The molecule has 0 amide bonds. The molecule has 1 saturated heterocycles. The number of Topliss-reactive ketones (excluding diaryl/α,β-unsaturated/α-hetero) is 1. The quantitative estimate of drug-likeness (QED) is 0.267. The SMILES string of the molecule is CCOC(=O)C1NSC(=O)C1=O. The Labute approximate surface area is 73.0 Å². The third-order valence-corrected chi connectivity index (χ3v) is 2.00. The van der Waals surface area contributed by atoms with Gasteiger partial charge in [-0.25, -0.2) is 9.52 Å². The largest absolute Gasteiger partial charge is 0.464 e. The summed E-state index contributed by atoms with van der Waals surface area (Å²) in [5, 5.41) is -0.645. The van der Waals surface area contributed by atoms with Crippen LogP contribution in [0.15, 0.2) is 0 Å². The van der Waals surface area contributed by atoms with Crippen LogP contribution in [0.25, 0.3) is 0 Å². The summed E-state index contributed by atoms with van der Waals surface area (Å²) in [4.78, 5) is 32.5. The van der Waals surface area contributed by atoms with Gasteiger partial charge in [0, 0.05) is 11.9 Å². The maximum atomic E-state index is 10.9. The highest BCUT2D eigenvalue weighted by Gasteiger charge is 2.39. The number of carbonyl (C=O) groups is 3. The molecule has 0 spiro atoms. The summed E-state index contributed by atoms with van der Waals surface area (Å²) in [6.07, 6.45) is 0. The van der Waals surface area contributed by atoms with E-state index in [9.17, 15) is 14.4 Å². The van der Waals surface area contributed by atoms with Gasteiger partial charge >= 0.3 is 5.97 Å². The molecule has 5 nitrogen and oxygen atoms in total. The average molecular weight is 189 g/mol. The monoisotopic (exact) mass is 189 g/mol. The van der Waals surface area contributed by atoms with Gasteiger partial charge in [-0.05, 0) is 6.92 Å². The zero-order valence-electron chi connectivity index (χ0n) is 6.33. The van der Waals surface area contributed by atoms with Crippen LogP contribution in [-0.2, 0) is 19.1 Å². The van der Waals surface area contributed by atoms with Gasteiger partial charge in [0.1, 0.15) is 0 Å². The van der Waals surface area contributed by atoms with Crippen LogP contribution in [0.4, 0.5) is 0 Å². The number of hydrogen-bond acceptors (Lipinski definition) is 6. The number of nitrogens with one attached hydrogen (secondary N) is 1. The third-order valence-electron chi connectivity index (χ3n) is 1.26. The summed E-state index contributed by atoms with van der Waals surface area (Å²) in [7, 11) is 0. The van der Waals surface area contributed by atoms with Gasteiger partial charge in [-0.15, -0.1) is 0 Å². The van der Waals surface area contributed by atoms with Gasteiger partial charge < -0.3 is 4.74 Å². The molecule has 0 aromatic heterocycles. The van der Waals surface area contributed by atoms with Crippen LogP contribution in [0.3, 0.4) is 0 Å². The van der Waals surface area contributed by atoms with Gasteiger partial charge in [-0.1, -0.05) is 0 Å². The lowest BCUT2D eigenvalue weighted by Crippen LogP contribution is -2.36. The molecule has 0 aromatic rings. The van der Waals surface area contributed by atoms with Crippen molar-refractivity contribution in [2.75, 3.05) is 6.61 Å². The van der Waals surface area contributed by atoms with Crippen molar-refractivity contribution >= 4 is 28.8 Å². The Hall–Kier alpha value is -0.880. The highest BCUT2D eigenvalue weighted by atomic mass is 32.2. The molecule has 0 bridgehead atoms. The van der Waals surface area contributed by atoms with E-state index in [4.69, 9.17) is 0 Å². The Bertz CT molecular complexity index is 240. The van der Waals surface area contributed by atoms with Crippen molar-refractivity contribution in [3.63, 3.8) is 0 Å². The highest BCUT2D eigenvalue weighted by molar-refractivity contribution is 8.14. The van der Waals surface area contributed by atoms with Gasteiger partial charge in [-0.2, -0.15) is 0 Å². The van der Waals surface area contributed by atoms with E-state index in [2.05, 4.69) is 9.46 Å². The van der Waals surface area contributed by atoms with Crippen LogP contribution in [0, 0.1) is 0 Å². The average Bonchev–Trinajstić information content (AvgIpc) is 2.34. The van der Waals surface area contributed by atoms with Crippen LogP contribution in [-0.4, -0.2) is 29.5 Å². The minimum atomic E-state index is -1.11. The van der Waals surface area contributed by atoms with Crippen molar-refractivity contribution < 1.29 is 19.1 Å². The second-order valence-electron chi connectivity index (χ2n) is 2.06. The van der Waals surface area contributed by atoms with Gasteiger partial charge in [0.05, 0.1) is 6.61 Å². The van der Waals surface area contributed by atoms with E-state index in [1.165, 1.54) is 0 Å². The molecule has 6 heteroatoms. The first-order valence-corrected chi connectivity index (χ1v) is 4.15. The van der Waals surface area contributed by atoms with Gasteiger partial charge in [-0.3, -0.25) is 9.59 Å². The number of hydrogen-bond donors (Lipinski definition) is 1. The summed E-state index contributed by atoms with van der Waals surface area (Å²) in [6, 6.07) is -1.11. The lowest BCUT2D eigenvalue weighted by molar-refractivity contribution is -0.148. The molecule has 1 atom stereocenters. The lowest BCUT2D eigenvalue weighted by atomic mass is 10.2. The Morgan fingerprint density at radius 1 is 1.67 bits per heavy atom. The first-order valence-electron chi connectivity index (χ1n) is 3.34. The van der Waals surface area contributed by atoms with Crippen LogP contribution in [0.2, 0.25) is 0 Å². The summed E-state index contributed by atoms with van der Waals surface area (Å²) < 4.78 is 6.94. The predicted molar refractivity (Wildman–Crippen MR) is 41.2 cm³/mol. The molecule has 1 aliphatic heterocycles. The van der Waals surface area contributed by atoms with Crippen molar-refractivity contribution in [2.24, 2.45) is 0 Å². The zero-order chi connectivity index (χ0) is 9.14. The molecule has 1 rings (SSSR count). The van der Waals surface area contributed by atoms with Crippen LogP contribution in [0.5, 0.6) is 0 Å². The topological polar surface area (TPSA) is 72.5 Å². The second-order valence-corrected chi connectivity index (χ2v) is 2.87. The molecular formula is C6H7NO4S. The lowest BCUT2D eigenvalue weighted by Gasteiger charge is -2.04. The van der Waals surface area contributed by atoms with Gasteiger partial charge in [0.25, 0.3) is 5.12 Å². The Morgan fingerprint density at radius 2 is 2.33 bits per heavy atom. The van der Waals surface area contributed by atoms with E-state index in [0.717, 1.165) is 0 Å². The standard InChI is InChI=1S/C6H7NO4S/c1-2-11-5(9)3-4(8)6(10)12-7-3/h3,7H,2H2,1H3. The molecule has 1 unspecified atom stereocenters. The summed E-state index contributed by atoms with van der Waals surface area (Å²) in [5.41, 5.74) is 0.